The molecule has 0 N–H and O–H groups in total. The topological polar surface area (TPSA) is 50.1 Å². The van der Waals surface area contributed by atoms with Gasteiger partial charge in [0.2, 0.25) is 0 Å². The molecule has 0 aromatic heterocycles. The molecule has 3 nitrogen and oxygen atoms in total. The summed E-state index contributed by atoms with van der Waals surface area (Å²) in [6.07, 6.45) is 0.223. The molecule has 3 aromatic rings. The number of benzene rings is 3. The molecule has 28 heavy (non-hydrogen) atoms. The molecule has 3 aromatic carbocycles. The standard InChI is InChI=1S/C24H20ClNO2/c1-28-21-13-9-19(10-14-21)24(27)15-22(18-7-11-20(25)12-8-18)23(16-26)17-5-3-2-4-6-17/h2-14,22-23H,15H2,1H3. The lowest BCUT2D eigenvalue weighted by Gasteiger charge is -2.22. The van der Waals surface area contributed by atoms with Crippen LogP contribution in [-0.4, -0.2) is 12.9 Å². The minimum Gasteiger partial charge on any atom is -0.497 e. The van der Waals surface area contributed by atoms with Gasteiger partial charge in [-0.2, -0.15) is 5.26 Å². The molecule has 2 atom stereocenters. The number of carbonyl (C=O) groups is 1. The molecule has 3 rings (SSSR count). The molecule has 0 aliphatic carbocycles. The van der Waals surface area contributed by atoms with Crippen molar-refractivity contribution in [1.29, 1.82) is 5.26 Å². The van der Waals surface area contributed by atoms with Crippen LogP contribution in [-0.2, 0) is 0 Å². The van der Waals surface area contributed by atoms with E-state index >= 15 is 0 Å². The molecule has 0 radical (unpaired) electrons. The van der Waals surface area contributed by atoms with Crippen molar-refractivity contribution in [3.63, 3.8) is 0 Å². The smallest absolute Gasteiger partial charge is 0.163 e. The summed E-state index contributed by atoms with van der Waals surface area (Å²) >= 11 is 6.03. The van der Waals surface area contributed by atoms with Crippen LogP contribution in [0.5, 0.6) is 5.75 Å². The highest BCUT2D eigenvalue weighted by Crippen LogP contribution is 2.36. The summed E-state index contributed by atoms with van der Waals surface area (Å²) < 4.78 is 5.16. The number of ketones is 1. The number of nitrogens with zero attached hydrogens (tertiary/aromatic N) is 1. The van der Waals surface area contributed by atoms with E-state index in [1.165, 1.54) is 0 Å². The maximum absolute atomic E-state index is 13.0. The molecule has 2 unspecified atom stereocenters. The van der Waals surface area contributed by atoms with Crippen LogP contribution in [0.15, 0.2) is 78.9 Å². The molecule has 0 saturated carbocycles. The number of ether oxygens (including phenoxy) is 1. The second kappa shape index (κ2) is 9.21. The van der Waals surface area contributed by atoms with Gasteiger partial charge in [0.25, 0.3) is 0 Å². The van der Waals surface area contributed by atoms with Gasteiger partial charge in [0, 0.05) is 22.9 Å². The summed E-state index contributed by atoms with van der Waals surface area (Å²) in [6.45, 7) is 0. The zero-order chi connectivity index (χ0) is 19.9. The Bertz CT molecular complexity index is 960. The van der Waals surface area contributed by atoms with E-state index in [-0.39, 0.29) is 18.1 Å². The first kappa shape index (κ1) is 19.7. The third-order valence-electron chi connectivity index (χ3n) is 4.82. The average molecular weight is 390 g/mol. The monoisotopic (exact) mass is 389 g/mol. The number of carbonyl (C=O) groups excluding carboxylic acids is 1. The molecule has 0 spiro atoms. The first-order valence-electron chi connectivity index (χ1n) is 8.99. The summed E-state index contributed by atoms with van der Waals surface area (Å²) in [6, 6.07) is 26.4. The molecular weight excluding hydrogens is 370 g/mol. The molecule has 0 fully saturated rings. The van der Waals surface area contributed by atoms with Crippen molar-refractivity contribution in [2.75, 3.05) is 7.11 Å². The predicted octanol–water partition coefficient (Wildman–Crippen LogP) is 6.01. The number of Topliss-reactive ketones (excluding diaryl/α,β-unsaturated/α-hetero) is 1. The van der Waals surface area contributed by atoms with Crippen molar-refractivity contribution in [2.45, 2.75) is 18.3 Å². The van der Waals surface area contributed by atoms with Crippen molar-refractivity contribution in [3.05, 3.63) is 101 Å². The Kier molecular flexibility index (Phi) is 6.47. The van der Waals surface area contributed by atoms with E-state index in [1.807, 2.05) is 42.5 Å². The van der Waals surface area contributed by atoms with E-state index in [9.17, 15) is 10.1 Å². The number of hydrogen-bond donors (Lipinski definition) is 0. The Labute approximate surface area is 170 Å². The Hall–Kier alpha value is -3.09. The SMILES string of the molecule is COc1ccc(C(=O)CC(c2ccc(Cl)cc2)C(C#N)c2ccccc2)cc1. The van der Waals surface area contributed by atoms with Crippen LogP contribution >= 0.6 is 11.6 Å². The van der Waals surface area contributed by atoms with E-state index in [0.717, 1.165) is 11.1 Å². The number of hydrogen-bond acceptors (Lipinski definition) is 3. The molecule has 0 heterocycles. The van der Waals surface area contributed by atoms with Crippen LogP contribution in [0.2, 0.25) is 5.02 Å². The highest BCUT2D eigenvalue weighted by Gasteiger charge is 2.27. The second-order valence-electron chi connectivity index (χ2n) is 6.53. The van der Waals surface area contributed by atoms with E-state index in [2.05, 4.69) is 6.07 Å². The molecule has 0 aliphatic heterocycles. The number of nitriles is 1. The van der Waals surface area contributed by atoms with Crippen molar-refractivity contribution < 1.29 is 9.53 Å². The zero-order valence-corrected chi connectivity index (χ0v) is 16.3. The van der Waals surface area contributed by atoms with Crippen molar-refractivity contribution in [1.82, 2.24) is 0 Å². The van der Waals surface area contributed by atoms with Gasteiger partial charge in [-0.1, -0.05) is 54.1 Å². The quantitative estimate of drug-likeness (QED) is 0.465. The van der Waals surface area contributed by atoms with Gasteiger partial charge < -0.3 is 4.74 Å². The predicted molar refractivity (Wildman–Crippen MR) is 111 cm³/mol. The molecular formula is C24H20ClNO2. The highest BCUT2D eigenvalue weighted by atomic mass is 35.5. The van der Waals surface area contributed by atoms with Crippen LogP contribution < -0.4 is 4.74 Å². The Morgan fingerprint density at radius 3 is 2.18 bits per heavy atom. The Balaban J connectivity index is 1.94. The van der Waals surface area contributed by atoms with Gasteiger partial charge in [0.1, 0.15) is 5.75 Å². The van der Waals surface area contributed by atoms with Gasteiger partial charge >= 0.3 is 0 Å². The van der Waals surface area contributed by atoms with Crippen molar-refractivity contribution in [3.8, 4) is 11.8 Å². The second-order valence-corrected chi connectivity index (χ2v) is 6.97. The van der Waals surface area contributed by atoms with Gasteiger partial charge in [-0.15, -0.1) is 0 Å². The van der Waals surface area contributed by atoms with E-state index < -0.39 is 5.92 Å². The first-order chi connectivity index (χ1) is 13.6. The van der Waals surface area contributed by atoms with Gasteiger partial charge in [-0.25, -0.2) is 0 Å². The number of halogens is 1. The number of methoxy groups -OCH3 is 1. The van der Waals surface area contributed by atoms with Gasteiger partial charge in [0.15, 0.2) is 5.78 Å². The minimum absolute atomic E-state index is 0.0150. The molecule has 4 heteroatoms. The summed E-state index contributed by atoms with van der Waals surface area (Å²) in [4.78, 5) is 13.0. The molecule has 0 saturated heterocycles. The molecule has 0 bridgehead atoms. The first-order valence-corrected chi connectivity index (χ1v) is 9.37. The maximum atomic E-state index is 13.0. The highest BCUT2D eigenvalue weighted by molar-refractivity contribution is 6.30. The average Bonchev–Trinajstić information content (AvgIpc) is 2.75. The van der Waals surface area contributed by atoms with Crippen LogP contribution in [0.4, 0.5) is 0 Å². The fourth-order valence-electron chi connectivity index (χ4n) is 3.29. The third-order valence-corrected chi connectivity index (χ3v) is 5.07. The molecule has 0 aliphatic rings. The lowest BCUT2D eigenvalue weighted by atomic mass is 9.78. The molecule has 140 valence electrons. The zero-order valence-electron chi connectivity index (χ0n) is 15.5. The summed E-state index contributed by atoms with van der Waals surface area (Å²) in [5.41, 5.74) is 2.42. The lowest BCUT2D eigenvalue weighted by Crippen LogP contribution is -2.15. The van der Waals surface area contributed by atoms with Crippen LogP contribution in [0.25, 0.3) is 0 Å². The van der Waals surface area contributed by atoms with Gasteiger partial charge in [-0.3, -0.25) is 4.79 Å². The largest absolute Gasteiger partial charge is 0.497 e. The minimum atomic E-state index is -0.440. The van der Waals surface area contributed by atoms with Gasteiger partial charge in [-0.05, 0) is 47.5 Å². The normalized spacial score (nSPS) is 12.6. The Morgan fingerprint density at radius 2 is 1.61 bits per heavy atom. The van der Waals surface area contributed by atoms with Crippen LogP contribution in [0, 0.1) is 11.3 Å². The van der Waals surface area contributed by atoms with E-state index in [1.54, 1.807) is 43.5 Å². The summed E-state index contributed by atoms with van der Waals surface area (Å²) in [7, 11) is 1.59. The van der Waals surface area contributed by atoms with Crippen molar-refractivity contribution >= 4 is 17.4 Å². The summed E-state index contributed by atoms with van der Waals surface area (Å²) in [5.74, 6) is -0.0346. The number of rotatable bonds is 7. The van der Waals surface area contributed by atoms with Crippen molar-refractivity contribution in [2.24, 2.45) is 0 Å². The fraction of sp³-hybridized carbons (Fsp3) is 0.167. The summed E-state index contributed by atoms with van der Waals surface area (Å²) in [5, 5.41) is 10.5. The lowest BCUT2D eigenvalue weighted by molar-refractivity contribution is 0.0971. The van der Waals surface area contributed by atoms with Gasteiger partial charge in [0.05, 0.1) is 19.1 Å². The van der Waals surface area contributed by atoms with E-state index in [0.29, 0.717) is 16.3 Å². The fourth-order valence-corrected chi connectivity index (χ4v) is 3.42. The Morgan fingerprint density at radius 1 is 0.964 bits per heavy atom. The van der Waals surface area contributed by atoms with Crippen LogP contribution in [0.3, 0.4) is 0 Å². The molecule has 0 amide bonds. The maximum Gasteiger partial charge on any atom is 0.163 e. The van der Waals surface area contributed by atoms with E-state index in [4.69, 9.17) is 16.3 Å². The van der Waals surface area contributed by atoms with Crippen LogP contribution in [0.1, 0.15) is 39.7 Å². The third kappa shape index (κ3) is 4.60.